The maximum atomic E-state index is 11.2. The second-order valence-corrected chi connectivity index (χ2v) is 3.40. The Kier molecular flexibility index (Phi) is 5.50. The first-order valence-corrected chi connectivity index (χ1v) is 5.25. The lowest BCUT2D eigenvalue weighted by atomic mass is 10.2. The molecule has 0 saturated heterocycles. The van der Waals surface area contributed by atoms with Crippen molar-refractivity contribution < 1.29 is 14.5 Å². The lowest BCUT2D eigenvalue weighted by Crippen LogP contribution is -2.26. The normalized spacial score (nSPS) is 9.65. The number of nitrogens with zero attached hydrogens (tertiary/aromatic N) is 1. The van der Waals surface area contributed by atoms with Crippen LogP contribution < -0.4 is 5.32 Å². The van der Waals surface area contributed by atoms with E-state index < -0.39 is 11.0 Å². The van der Waals surface area contributed by atoms with E-state index in [1.54, 1.807) is 0 Å². The standard InChI is InChI=1S/C11H14N2O4/c14-11(12-7-4-8-13(15)16)17-9-10-5-2-1-3-6-10/h1-3,5-6H,4,7-9H2,(H,12,14). The zero-order chi connectivity index (χ0) is 12.5. The predicted molar refractivity (Wildman–Crippen MR) is 61.1 cm³/mol. The number of hydrogen-bond donors (Lipinski definition) is 1. The second-order valence-electron chi connectivity index (χ2n) is 3.40. The Labute approximate surface area is 98.7 Å². The topological polar surface area (TPSA) is 81.5 Å². The molecule has 1 aromatic carbocycles. The molecular weight excluding hydrogens is 224 g/mol. The summed E-state index contributed by atoms with van der Waals surface area (Å²) in [5.41, 5.74) is 0.896. The molecule has 0 saturated carbocycles. The molecule has 0 aliphatic rings. The summed E-state index contributed by atoms with van der Waals surface area (Å²) in [6, 6.07) is 9.28. The highest BCUT2D eigenvalue weighted by molar-refractivity contribution is 5.67. The average Bonchev–Trinajstić information content (AvgIpc) is 2.33. The van der Waals surface area contributed by atoms with Crippen molar-refractivity contribution in [3.8, 4) is 0 Å². The molecule has 0 aliphatic heterocycles. The predicted octanol–water partition coefficient (Wildman–Crippen LogP) is 1.58. The van der Waals surface area contributed by atoms with Crippen molar-refractivity contribution in [3.63, 3.8) is 0 Å². The number of nitrogens with one attached hydrogen (secondary N) is 1. The molecule has 1 amide bonds. The van der Waals surface area contributed by atoms with Crippen LogP contribution in [0.25, 0.3) is 0 Å². The van der Waals surface area contributed by atoms with Crippen molar-refractivity contribution in [2.45, 2.75) is 13.0 Å². The molecule has 0 atom stereocenters. The summed E-state index contributed by atoms with van der Waals surface area (Å²) in [5.74, 6) is 0. The van der Waals surface area contributed by atoms with E-state index >= 15 is 0 Å². The van der Waals surface area contributed by atoms with Gasteiger partial charge in [-0.2, -0.15) is 0 Å². The first kappa shape index (κ1) is 13.0. The van der Waals surface area contributed by atoms with Crippen molar-refractivity contribution in [1.82, 2.24) is 5.32 Å². The third kappa shape index (κ3) is 6.14. The SMILES string of the molecule is O=C(NCCC[N+](=O)[O-])OCc1ccccc1. The van der Waals surface area contributed by atoms with Gasteiger partial charge >= 0.3 is 6.09 Å². The van der Waals surface area contributed by atoms with Gasteiger partial charge in [-0.3, -0.25) is 10.1 Å². The number of alkyl carbamates (subject to hydrolysis) is 1. The van der Waals surface area contributed by atoms with Crippen LogP contribution in [-0.2, 0) is 11.3 Å². The number of carbonyl (C=O) groups is 1. The Balaban J connectivity index is 2.11. The number of carbonyl (C=O) groups excluding carboxylic acids is 1. The fourth-order valence-corrected chi connectivity index (χ4v) is 1.17. The third-order valence-corrected chi connectivity index (χ3v) is 2.00. The molecule has 0 aliphatic carbocycles. The summed E-state index contributed by atoms with van der Waals surface area (Å²) in [4.78, 5) is 20.8. The van der Waals surface area contributed by atoms with Crippen molar-refractivity contribution >= 4 is 6.09 Å². The maximum absolute atomic E-state index is 11.2. The third-order valence-electron chi connectivity index (χ3n) is 2.00. The van der Waals surface area contributed by atoms with Crippen LogP contribution in [0.1, 0.15) is 12.0 Å². The smallest absolute Gasteiger partial charge is 0.407 e. The highest BCUT2D eigenvalue weighted by Gasteiger charge is 2.03. The van der Waals surface area contributed by atoms with Crippen LogP contribution >= 0.6 is 0 Å². The quantitative estimate of drug-likeness (QED) is 0.463. The van der Waals surface area contributed by atoms with Gasteiger partial charge in [-0.05, 0) is 5.56 Å². The molecule has 1 N–H and O–H groups in total. The van der Waals surface area contributed by atoms with Gasteiger partial charge < -0.3 is 10.1 Å². The van der Waals surface area contributed by atoms with E-state index in [9.17, 15) is 14.9 Å². The molecule has 6 heteroatoms. The maximum Gasteiger partial charge on any atom is 0.407 e. The van der Waals surface area contributed by atoms with Gasteiger partial charge in [0.25, 0.3) is 0 Å². The van der Waals surface area contributed by atoms with Crippen LogP contribution in [-0.4, -0.2) is 24.1 Å². The zero-order valence-corrected chi connectivity index (χ0v) is 9.30. The highest BCUT2D eigenvalue weighted by Crippen LogP contribution is 2.00. The van der Waals surface area contributed by atoms with Gasteiger partial charge in [0.2, 0.25) is 6.54 Å². The van der Waals surface area contributed by atoms with Crippen LogP contribution in [0.2, 0.25) is 0 Å². The summed E-state index contributed by atoms with van der Waals surface area (Å²) >= 11 is 0. The lowest BCUT2D eigenvalue weighted by Gasteiger charge is -2.05. The van der Waals surface area contributed by atoms with E-state index in [0.717, 1.165) is 5.56 Å². The molecule has 0 heterocycles. The zero-order valence-electron chi connectivity index (χ0n) is 9.30. The minimum atomic E-state index is -0.558. The van der Waals surface area contributed by atoms with Crippen LogP contribution in [0.5, 0.6) is 0 Å². The van der Waals surface area contributed by atoms with Gasteiger partial charge in [-0.15, -0.1) is 0 Å². The molecule has 0 aromatic heterocycles. The Morgan fingerprint density at radius 3 is 2.71 bits per heavy atom. The molecule has 6 nitrogen and oxygen atoms in total. The molecule has 0 spiro atoms. The molecule has 0 bridgehead atoms. The summed E-state index contributed by atoms with van der Waals surface area (Å²) in [6.45, 7) is 0.287. The average molecular weight is 238 g/mol. The number of benzene rings is 1. The summed E-state index contributed by atoms with van der Waals surface area (Å²) < 4.78 is 4.92. The summed E-state index contributed by atoms with van der Waals surface area (Å²) in [7, 11) is 0. The van der Waals surface area contributed by atoms with Gasteiger partial charge in [0.15, 0.2) is 0 Å². The van der Waals surface area contributed by atoms with Crippen LogP contribution in [0.3, 0.4) is 0 Å². The number of hydrogen-bond acceptors (Lipinski definition) is 4. The van der Waals surface area contributed by atoms with Crippen molar-refractivity contribution in [2.75, 3.05) is 13.1 Å². The molecule has 17 heavy (non-hydrogen) atoms. The van der Waals surface area contributed by atoms with Crippen molar-refractivity contribution in [1.29, 1.82) is 0 Å². The van der Waals surface area contributed by atoms with Gasteiger partial charge in [0, 0.05) is 17.9 Å². The van der Waals surface area contributed by atoms with E-state index in [2.05, 4.69) is 5.32 Å². The van der Waals surface area contributed by atoms with E-state index in [4.69, 9.17) is 4.74 Å². The van der Waals surface area contributed by atoms with E-state index in [-0.39, 0.29) is 19.7 Å². The van der Waals surface area contributed by atoms with E-state index in [0.29, 0.717) is 6.42 Å². The van der Waals surface area contributed by atoms with E-state index in [1.807, 2.05) is 30.3 Å². The van der Waals surface area contributed by atoms with Gasteiger partial charge in [0.05, 0.1) is 0 Å². The Bertz CT molecular complexity index is 367. The Morgan fingerprint density at radius 1 is 1.35 bits per heavy atom. The number of ether oxygens (including phenoxy) is 1. The highest BCUT2D eigenvalue weighted by atomic mass is 16.6. The van der Waals surface area contributed by atoms with Crippen LogP contribution in [0, 0.1) is 10.1 Å². The van der Waals surface area contributed by atoms with Crippen molar-refractivity contribution in [2.24, 2.45) is 0 Å². The summed E-state index contributed by atoms with van der Waals surface area (Å²) in [6.07, 6.45) is -0.259. The van der Waals surface area contributed by atoms with Gasteiger partial charge in [0.1, 0.15) is 6.61 Å². The molecule has 92 valence electrons. The molecular formula is C11H14N2O4. The fraction of sp³-hybridized carbons (Fsp3) is 0.364. The van der Waals surface area contributed by atoms with Gasteiger partial charge in [-0.1, -0.05) is 30.3 Å². The van der Waals surface area contributed by atoms with Gasteiger partial charge in [-0.25, -0.2) is 4.79 Å². The first-order valence-electron chi connectivity index (χ1n) is 5.25. The van der Waals surface area contributed by atoms with Crippen molar-refractivity contribution in [3.05, 3.63) is 46.0 Å². The first-order chi connectivity index (χ1) is 8.18. The van der Waals surface area contributed by atoms with E-state index in [1.165, 1.54) is 0 Å². The van der Waals surface area contributed by atoms with Crippen LogP contribution in [0.15, 0.2) is 30.3 Å². The molecule has 0 radical (unpaired) electrons. The largest absolute Gasteiger partial charge is 0.445 e. The monoisotopic (exact) mass is 238 g/mol. The second kappa shape index (κ2) is 7.21. The fourth-order valence-electron chi connectivity index (χ4n) is 1.17. The molecule has 1 rings (SSSR count). The number of rotatable bonds is 6. The molecule has 1 aromatic rings. The Morgan fingerprint density at radius 2 is 2.06 bits per heavy atom. The molecule has 0 fully saturated rings. The molecule has 0 unspecified atom stereocenters. The van der Waals surface area contributed by atoms with Crippen LogP contribution in [0.4, 0.5) is 4.79 Å². The minimum Gasteiger partial charge on any atom is -0.445 e. The number of nitro groups is 1. The number of amides is 1. The summed E-state index contributed by atoms with van der Waals surface area (Å²) in [5, 5.41) is 12.5. The lowest BCUT2D eigenvalue weighted by molar-refractivity contribution is -0.480. The minimum absolute atomic E-state index is 0.154. The Hall–Kier alpha value is -2.11.